The fourth-order valence-electron chi connectivity index (χ4n) is 2.66. The number of carbonyl (C=O) groups excluding carboxylic acids is 1. The number of aryl methyl sites for hydroxylation is 1. The van der Waals surface area contributed by atoms with Crippen LogP contribution < -0.4 is 0 Å². The Kier molecular flexibility index (Phi) is 4.49. The molecule has 0 saturated carbocycles. The molecule has 1 aliphatic rings. The number of amides is 1. The summed E-state index contributed by atoms with van der Waals surface area (Å²) >= 11 is 3.45. The van der Waals surface area contributed by atoms with Gasteiger partial charge in [-0.25, -0.2) is 0 Å². The van der Waals surface area contributed by atoms with Crippen LogP contribution >= 0.6 is 15.9 Å². The number of hydrogen-bond donors (Lipinski definition) is 0. The van der Waals surface area contributed by atoms with Crippen LogP contribution in [0.4, 0.5) is 0 Å². The average molecular weight is 313 g/mol. The molecule has 18 heavy (non-hydrogen) atoms. The third kappa shape index (κ3) is 2.79. The molecule has 1 amide bonds. The number of aromatic nitrogens is 1. The molecule has 3 nitrogen and oxygen atoms in total. The lowest BCUT2D eigenvalue weighted by Gasteiger charge is -2.32. The smallest absolute Gasteiger partial charge is 0.270 e. The number of piperidine rings is 1. The van der Waals surface area contributed by atoms with Crippen LogP contribution in [0.1, 0.15) is 43.6 Å². The quantitative estimate of drug-likeness (QED) is 0.838. The van der Waals surface area contributed by atoms with Gasteiger partial charge in [-0.2, -0.15) is 0 Å². The van der Waals surface area contributed by atoms with E-state index in [0.717, 1.165) is 36.2 Å². The van der Waals surface area contributed by atoms with E-state index < -0.39 is 0 Å². The Hall–Kier alpha value is -0.770. The summed E-state index contributed by atoms with van der Waals surface area (Å²) in [5.74, 6) is 0.858. The van der Waals surface area contributed by atoms with E-state index in [1.165, 1.54) is 12.8 Å². The highest BCUT2D eigenvalue weighted by molar-refractivity contribution is 9.10. The molecule has 0 spiro atoms. The van der Waals surface area contributed by atoms with Gasteiger partial charge in [0.2, 0.25) is 0 Å². The number of nitrogens with zero attached hydrogens (tertiary/aromatic N) is 2. The molecule has 0 bridgehead atoms. The second-order valence-corrected chi connectivity index (χ2v) is 5.91. The third-order valence-electron chi connectivity index (χ3n) is 3.81. The molecule has 1 aliphatic heterocycles. The van der Waals surface area contributed by atoms with E-state index in [1.807, 2.05) is 21.7 Å². The predicted octanol–water partition coefficient (Wildman–Crippen LogP) is 3.53. The van der Waals surface area contributed by atoms with Gasteiger partial charge in [0.25, 0.3) is 5.91 Å². The van der Waals surface area contributed by atoms with Crippen molar-refractivity contribution in [1.82, 2.24) is 9.47 Å². The second kappa shape index (κ2) is 5.91. The lowest BCUT2D eigenvalue weighted by Crippen LogP contribution is -2.40. The zero-order chi connectivity index (χ0) is 13.1. The van der Waals surface area contributed by atoms with Gasteiger partial charge in [0.05, 0.1) is 0 Å². The van der Waals surface area contributed by atoms with Crippen molar-refractivity contribution in [3.63, 3.8) is 0 Å². The Labute approximate surface area is 117 Å². The van der Waals surface area contributed by atoms with Crippen molar-refractivity contribution in [2.75, 3.05) is 13.1 Å². The standard InChI is InChI=1S/C14H21BrN2O/c1-3-11-6-5-7-17(9-11)14(18)13-8-12(15)10-16(13)4-2/h8,10-11H,3-7,9H2,1-2H3. The average Bonchev–Trinajstić information content (AvgIpc) is 2.79. The van der Waals surface area contributed by atoms with E-state index in [1.54, 1.807) is 0 Å². The van der Waals surface area contributed by atoms with Crippen LogP contribution in [0.2, 0.25) is 0 Å². The minimum absolute atomic E-state index is 0.181. The van der Waals surface area contributed by atoms with Gasteiger partial charge >= 0.3 is 0 Å². The second-order valence-electron chi connectivity index (χ2n) is 5.00. The minimum Gasteiger partial charge on any atom is -0.343 e. The molecule has 0 aliphatic carbocycles. The molecule has 2 heterocycles. The molecule has 1 saturated heterocycles. The fraction of sp³-hybridized carbons (Fsp3) is 0.643. The first-order valence-electron chi connectivity index (χ1n) is 6.80. The number of halogens is 1. The summed E-state index contributed by atoms with van der Waals surface area (Å²) < 4.78 is 3.00. The Morgan fingerprint density at radius 1 is 1.50 bits per heavy atom. The molecule has 1 unspecified atom stereocenters. The summed E-state index contributed by atoms with van der Waals surface area (Å²) in [6.45, 7) is 6.93. The number of likely N-dealkylation sites (tertiary alicyclic amines) is 1. The highest BCUT2D eigenvalue weighted by Gasteiger charge is 2.25. The van der Waals surface area contributed by atoms with Gasteiger partial charge in [-0.15, -0.1) is 0 Å². The fourth-order valence-corrected chi connectivity index (χ4v) is 3.12. The summed E-state index contributed by atoms with van der Waals surface area (Å²) in [7, 11) is 0. The zero-order valence-electron chi connectivity index (χ0n) is 11.2. The van der Waals surface area contributed by atoms with Crippen molar-refractivity contribution in [3.05, 3.63) is 22.4 Å². The molecule has 2 rings (SSSR count). The SMILES string of the molecule is CCC1CCCN(C(=O)c2cc(Br)cn2CC)C1. The number of carbonyl (C=O) groups is 1. The number of rotatable bonds is 3. The summed E-state index contributed by atoms with van der Waals surface area (Å²) in [5.41, 5.74) is 0.807. The summed E-state index contributed by atoms with van der Waals surface area (Å²) in [6, 6.07) is 1.93. The summed E-state index contributed by atoms with van der Waals surface area (Å²) in [4.78, 5) is 14.6. The highest BCUT2D eigenvalue weighted by Crippen LogP contribution is 2.22. The molecule has 0 radical (unpaired) electrons. The molecule has 0 N–H and O–H groups in total. The molecular weight excluding hydrogens is 292 g/mol. The van der Waals surface area contributed by atoms with Gasteiger partial charge < -0.3 is 9.47 Å². The van der Waals surface area contributed by atoms with Crippen molar-refractivity contribution in [3.8, 4) is 0 Å². The van der Waals surface area contributed by atoms with Gasteiger partial charge in [0.15, 0.2) is 0 Å². The summed E-state index contributed by atoms with van der Waals surface area (Å²) in [6.07, 6.45) is 5.55. The third-order valence-corrected chi connectivity index (χ3v) is 4.24. The Morgan fingerprint density at radius 2 is 2.28 bits per heavy atom. The molecule has 4 heteroatoms. The first kappa shape index (κ1) is 13.7. The Bertz CT molecular complexity index is 427. The minimum atomic E-state index is 0.181. The van der Waals surface area contributed by atoms with Crippen LogP contribution in [-0.4, -0.2) is 28.5 Å². The Balaban J connectivity index is 2.14. The molecular formula is C14H21BrN2O. The van der Waals surface area contributed by atoms with E-state index in [2.05, 4.69) is 29.8 Å². The maximum atomic E-state index is 12.5. The molecule has 1 fully saturated rings. The van der Waals surface area contributed by atoms with Crippen LogP contribution in [0.3, 0.4) is 0 Å². The van der Waals surface area contributed by atoms with Crippen LogP contribution in [-0.2, 0) is 6.54 Å². The van der Waals surface area contributed by atoms with Gasteiger partial charge in [0.1, 0.15) is 5.69 Å². The van der Waals surface area contributed by atoms with Gasteiger partial charge in [0, 0.05) is 30.3 Å². The lowest BCUT2D eigenvalue weighted by atomic mass is 9.95. The highest BCUT2D eigenvalue weighted by atomic mass is 79.9. The van der Waals surface area contributed by atoms with Crippen LogP contribution in [0.25, 0.3) is 0 Å². The van der Waals surface area contributed by atoms with Crippen molar-refractivity contribution >= 4 is 21.8 Å². The van der Waals surface area contributed by atoms with Crippen molar-refractivity contribution in [2.45, 2.75) is 39.7 Å². The zero-order valence-corrected chi connectivity index (χ0v) is 12.7. The maximum absolute atomic E-state index is 12.5. The first-order valence-corrected chi connectivity index (χ1v) is 7.60. The van der Waals surface area contributed by atoms with Crippen LogP contribution in [0, 0.1) is 5.92 Å². The first-order chi connectivity index (χ1) is 8.65. The van der Waals surface area contributed by atoms with Crippen LogP contribution in [0.15, 0.2) is 16.7 Å². The van der Waals surface area contributed by atoms with E-state index in [-0.39, 0.29) is 5.91 Å². The molecule has 100 valence electrons. The van der Waals surface area contributed by atoms with E-state index in [0.29, 0.717) is 5.92 Å². The van der Waals surface area contributed by atoms with Gasteiger partial charge in [-0.3, -0.25) is 4.79 Å². The molecule has 1 aromatic heterocycles. The molecule has 1 atom stereocenters. The van der Waals surface area contributed by atoms with E-state index in [9.17, 15) is 4.79 Å². The predicted molar refractivity (Wildman–Crippen MR) is 76.7 cm³/mol. The van der Waals surface area contributed by atoms with Gasteiger partial charge in [-0.05, 0) is 47.7 Å². The topological polar surface area (TPSA) is 25.2 Å². The van der Waals surface area contributed by atoms with E-state index in [4.69, 9.17) is 0 Å². The summed E-state index contributed by atoms with van der Waals surface area (Å²) in [5, 5.41) is 0. The normalized spacial score (nSPS) is 20.2. The molecule has 1 aromatic rings. The monoisotopic (exact) mass is 312 g/mol. The van der Waals surface area contributed by atoms with E-state index >= 15 is 0 Å². The maximum Gasteiger partial charge on any atom is 0.270 e. The number of hydrogen-bond acceptors (Lipinski definition) is 1. The van der Waals surface area contributed by atoms with Gasteiger partial charge in [-0.1, -0.05) is 13.3 Å². The van der Waals surface area contributed by atoms with Crippen molar-refractivity contribution in [1.29, 1.82) is 0 Å². The van der Waals surface area contributed by atoms with Crippen molar-refractivity contribution < 1.29 is 4.79 Å². The Morgan fingerprint density at radius 3 is 2.94 bits per heavy atom. The molecule has 0 aromatic carbocycles. The lowest BCUT2D eigenvalue weighted by molar-refractivity contribution is 0.0660. The van der Waals surface area contributed by atoms with Crippen molar-refractivity contribution in [2.24, 2.45) is 5.92 Å². The largest absolute Gasteiger partial charge is 0.343 e. The van der Waals surface area contributed by atoms with Crippen LogP contribution in [0.5, 0.6) is 0 Å².